The molecule has 0 atom stereocenters. The standard InChI is InChI=1S/C19H13N3O3S2/c20-11-13-8-10-26-17(13)22-16(23)12-25-19(24)15-7-4-9-21-18(15)27-14-5-2-1-3-6-14/h1-10H,12H2,(H,22,23). The van der Waals surface area contributed by atoms with E-state index in [4.69, 9.17) is 10.00 Å². The summed E-state index contributed by atoms with van der Waals surface area (Å²) >= 11 is 2.57. The fourth-order valence-electron chi connectivity index (χ4n) is 2.09. The molecule has 0 spiro atoms. The van der Waals surface area contributed by atoms with Crippen LogP contribution in [0, 0.1) is 11.3 Å². The number of nitrogens with zero attached hydrogens (tertiary/aromatic N) is 2. The maximum absolute atomic E-state index is 12.4. The second-order valence-electron chi connectivity index (χ2n) is 5.17. The van der Waals surface area contributed by atoms with E-state index in [0.29, 0.717) is 15.6 Å². The van der Waals surface area contributed by atoms with E-state index < -0.39 is 18.5 Å². The number of benzene rings is 1. The molecule has 3 rings (SSSR count). The van der Waals surface area contributed by atoms with Gasteiger partial charge in [0.15, 0.2) is 6.61 Å². The van der Waals surface area contributed by atoms with Gasteiger partial charge < -0.3 is 10.1 Å². The first-order chi connectivity index (χ1) is 13.2. The highest BCUT2D eigenvalue weighted by Gasteiger charge is 2.17. The monoisotopic (exact) mass is 395 g/mol. The zero-order valence-corrected chi connectivity index (χ0v) is 15.5. The number of pyridine rings is 1. The molecule has 8 heteroatoms. The lowest BCUT2D eigenvalue weighted by Crippen LogP contribution is -2.21. The van der Waals surface area contributed by atoms with Crippen LogP contribution < -0.4 is 5.32 Å². The van der Waals surface area contributed by atoms with Gasteiger partial charge in [-0.25, -0.2) is 9.78 Å². The van der Waals surface area contributed by atoms with Crippen LogP contribution in [-0.4, -0.2) is 23.5 Å². The zero-order valence-electron chi connectivity index (χ0n) is 13.9. The first-order valence-electron chi connectivity index (χ1n) is 7.80. The quantitative estimate of drug-likeness (QED) is 0.635. The molecule has 1 N–H and O–H groups in total. The Labute approximate surface area is 163 Å². The minimum atomic E-state index is -0.636. The Kier molecular flexibility index (Phi) is 6.20. The van der Waals surface area contributed by atoms with Gasteiger partial charge in [0.25, 0.3) is 5.91 Å². The van der Waals surface area contributed by atoms with Crippen LogP contribution in [-0.2, 0) is 9.53 Å². The number of anilines is 1. The van der Waals surface area contributed by atoms with E-state index in [1.165, 1.54) is 23.1 Å². The molecule has 0 saturated heterocycles. The number of rotatable bonds is 6. The number of hydrogen-bond acceptors (Lipinski definition) is 7. The van der Waals surface area contributed by atoms with Crippen molar-refractivity contribution in [3.05, 3.63) is 71.2 Å². The molecule has 0 aliphatic rings. The topological polar surface area (TPSA) is 92.1 Å². The third kappa shape index (κ3) is 4.94. The minimum Gasteiger partial charge on any atom is -0.452 e. The molecule has 0 unspecified atom stereocenters. The van der Waals surface area contributed by atoms with Crippen LogP contribution >= 0.6 is 23.1 Å². The van der Waals surface area contributed by atoms with Crippen molar-refractivity contribution in [2.24, 2.45) is 0 Å². The molecule has 2 heterocycles. The Morgan fingerprint density at radius 2 is 2.00 bits per heavy atom. The lowest BCUT2D eigenvalue weighted by atomic mass is 10.3. The van der Waals surface area contributed by atoms with Gasteiger partial charge in [-0.2, -0.15) is 5.26 Å². The van der Waals surface area contributed by atoms with Gasteiger partial charge in [-0.05, 0) is 35.7 Å². The van der Waals surface area contributed by atoms with Crippen LogP contribution in [0.3, 0.4) is 0 Å². The first kappa shape index (κ1) is 18.6. The van der Waals surface area contributed by atoms with Crippen molar-refractivity contribution in [2.75, 3.05) is 11.9 Å². The lowest BCUT2D eigenvalue weighted by molar-refractivity contribution is -0.119. The van der Waals surface area contributed by atoms with Crippen molar-refractivity contribution >= 4 is 40.0 Å². The molecule has 6 nitrogen and oxygen atoms in total. The van der Waals surface area contributed by atoms with E-state index in [9.17, 15) is 9.59 Å². The fraction of sp³-hybridized carbons (Fsp3) is 0.0526. The molecule has 2 aromatic heterocycles. The van der Waals surface area contributed by atoms with Gasteiger partial charge in [0.05, 0.1) is 11.1 Å². The highest BCUT2D eigenvalue weighted by atomic mass is 32.2. The maximum atomic E-state index is 12.4. The molecule has 0 bridgehead atoms. The number of carbonyl (C=O) groups excluding carboxylic acids is 2. The van der Waals surface area contributed by atoms with Crippen LogP contribution in [0.4, 0.5) is 5.00 Å². The number of nitrogens with one attached hydrogen (secondary N) is 1. The zero-order chi connectivity index (χ0) is 19.1. The largest absolute Gasteiger partial charge is 0.452 e. The molecular formula is C19H13N3O3S2. The van der Waals surface area contributed by atoms with Gasteiger partial charge in [0, 0.05) is 11.1 Å². The smallest absolute Gasteiger partial charge is 0.341 e. The molecule has 134 valence electrons. The average Bonchev–Trinajstić information content (AvgIpc) is 3.14. The Balaban J connectivity index is 1.63. The van der Waals surface area contributed by atoms with Crippen molar-refractivity contribution in [3.8, 4) is 6.07 Å². The number of carbonyl (C=O) groups is 2. The van der Waals surface area contributed by atoms with Crippen LogP contribution in [0.15, 0.2) is 70.0 Å². The Bertz CT molecular complexity index is 997. The molecule has 0 aliphatic heterocycles. The van der Waals surface area contributed by atoms with E-state index in [2.05, 4.69) is 10.3 Å². The second-order valence-corrected chi connectivity index (χ2v) is 7.15. The van der Waals surface area contributed by atoms with Crippen molar-refractivity contribution in [3.63, 3.8) is 0 Å². The summed E-state index contributed by atoms with van der Waals surface area (Å²) in [6.07, 6.45) is 1.59. The van der Waals surface area contributed by atoms with E-state index in [1.807, 2.05) is 36.4 Å². The third-order valence-corrected chi connectivity index (χ3v) is 5.18. The SMILES string of the molecule is N#Cc1ccsc1NC(=O)COC(=O)c1cccnc1Sc1ccccc1. The molecule has 0 saturated carbocycles. The van der Waals surface area contributed by atoms with Crippen molar-refractivity contribution in [1.29, 1.82) is 5.26 Å². The molecule has 0 radical (unpaired) electrons. The summed E-state index contributed by atoms with van der Waals surface area (Å²) in [6, 6.07) is 16.3. The molecule has 1 aromatic carbocycles. The summed E-state index contributed by atoms with van der Waals surface area (Å²) in [5.74, 6) is -1.15. The van der Waals surface area contributed by atoms with Crippen molar-refractivity contribution in [2.45, 2.75) is 9.92 Å². The van der Waals surface area contributed by atoms with E-state index in [0.717, 1.165) is 4.90 Å². The van der Waals surface area contributed by atoms with Gasteiger partial charge in [-0.15, -0.1) is 11.3 Å². The summed E-state index contributed by atoms with van der Waals surface area (Å²) in [5, 5.41) is 14.1. The fourth-order valence-corrected chi connectivity index (χ4v) is 3.74. The summed E-state index contributed by atoms with van der Waals surface area (Å²) in [4.78, 5) is 29.5. The molecule has 0 fully saturated rings. The van der Waals surface area contributed by atoms with E-state index >= 15 is 0 Å². The first-order valence-corrected chi connectivity index (χ1v) is 9.49. The van der Waals surface area contributed by atoms with E-state index in [1.54, 1.807) is 29.8 Å². The Morgan fingerprint density at radius 3 is 2.78 bits per heavy atom. The Morgan fingerprint density at radius 1 is 1.19 bits per heavy atom. The van der Waals surface area contributed by atoms with Gasteiger partial charge in [-0.1, -0.05) is 30.0 Å². The Hall–Kier alpha value is -3.15. The predicted octanol–water partition coefficient (Wildman–Crippen LogP) is 3.96. The van der Waals surface area contributed by atoms with Crippen LogP contribution in [0.2, 0.25) is 0 Å². The molecule has 0 aliphatic carbocycles. The van der Waals surface area contributed by atoms with Crippen molar-refractivity contribution < 1.29 is 14.3 Å². The normalized spacial score (nSPS) is 10.0. The number of amides is 1. The third-order valence-electron chi connectivity index (χ3n) is 3.32. The second kappa shape index (κ2) is 8.98. The summed E-state index contributed by atoms with van der Waals surface area (Å²) in [5.41, 5.74) is 0.654. The number of esters is 1. The molecule has 27 heavy (non-hydrogen) atoms. The highest BCUT2D eigenvalue weighted by molar-refractivity contribution is 7.99. The molecular weight excluding hydrogens is 382 g/mol. The highest BCUT2D eigenvalue weighted by Crippen LogP contribution is 2.28. The number of thiophene rings is 1. The number of hydrogen-bond donors (Lipinski definition) is 1. The number of nitriles is 1. The summed E-state index contributed by atoms with van der Waals surface area (Å²) in [6.45, 7) is -0.452. The lowest BCUT2D eigenvalue weighted by Gasteiger charge is -2.08. The molecule has 3 aromatic rings. The minimum absolute atomic E-state index is 0.285. The predicted molar refractivity (Wildman–Crippen MR) is 103 cm³/mol. The number of ether oxygens (including phenoxy) is 1. The van der Waals surface area contributed by atoms with E-state index in [-0.39, 0.29) is 5.56 Å². The van der Waals surface area contributed by atoms with Gasteiger partial charge >= 0.3 is 5.97 Å². The van der Waals surface area contributed by atoms with Crippen LogP contribution in [0.5, 0.6) is 0 Å². The van der Waals surface area contributed by atoms with Crippen LogP contribution in [0.25, 0.3) is 0 Å². The van der Waals surface area contributed by atoms with Crippen molar-refractivity contribution in [1.82, 2.24) is 4.98 Å². The van der Waals surface area contributed by atoms with Gasteiger partial charge in [0.1, 0.15) is 16.1 Å². The molecule has 1 amide bonds. The van der Waals surface area contributed by atoms with Gasteiger partial charge in [0.2, 0.25) is 0 Å². The average molecular weight is 395 g/mol. The van der Waals surface area contributed by atoms with Gasteiger partial charge in [-0.3, -0.25) is 4.79 Å². The number of aromatic nitrogens is 1. The van der Waals surface area contributed by atoms with Crippen LogP contribution in [0.1, 0.15) is 15.9 Å². The maximum Gasteiger partial charge on any atom is 0.341 e. The summed E-state index contributed by atoms with van der Waals surface area (Å²) in [7, 11) is 0. The summed E-state index contributed by atoms with van der Waals surface area (Å²) < 4.78 is 5.11.